The minimum Gasteiger partial charge on any atom is -0.491 e. The molecule has 6 nitrogen and oxygen atoms in total. The average Bonchev–Trinajstić information content (AvgIpc) is 3.69. The number of aliphatic hydroxyl groups excluding tert-OH is 1. The quantitative estimate of drug-likeness (QED) is 0.372. The molecule has 3 heterocycles. The number of rotatable bonds is 2. The lowest BCUT2D eigenvalue weighted by Gasteiger charge is -2.39. The van der Waals surface area contributed by atoms with Crippen molar-refractivity contribution < 1.29 is 23.4 Å². The van der Waals surface area contributed by atoms with Crippen molar-refractivity contribution in [3.05, 3.63) is 77.3 Å². The van der Waals surface area contributed by atoms with Crippen LogP contribution in [0.25, 0.3) is 16.8 Å². The molecule has 4 bridgehead atoms. The highest BCUT2D eigenvalue weighted by Gasteiger charge is 2.38. The molecule has 40 heavy (non-hydrogen) atoms. The zero-order valence-electron chi connectivity index (χ0n) is 22.8. The number of benzene rings is 1. The largest absolute Gasteiger partial charge is 0.491 e. The Labute approximate surface area is 232 Å². The van der Waals surface area contributed by atoms with Crippen LogP contribution in [-0.2, 0) is 0 Å². The van der Waals surface area contributed by atoms with Gasteiger partial charge >= 0.3 is 0 Å². The first-order chi connectivity index (χ1) is 19.2. The Hall–Kier alpha value is -3.65. The van der Waals surface area contributed by atoms with E-state index in [0.29, 0.717) is 23.4 Å². The third kappa shape index (κ3) is 5.01. The minimum atomic E-state index is -0.715. The monoisotopic (exact) mass is 545 g/mol. The van der Waals surface area contributed by atoms with Gasteiger partial charge in [0.2, 0.25) is 0 Å². The van der Waals surface area contributed by atoms with E-state index >= 15 is 8.78 Å². The highest BCUT2D eigenvalue weighted by Crippen LogP contribution is 2.50. The molecule has 1 saturated carbocycles. The molecule has 1 aromatic carbocycles. The highest BCUT2D eigenvalue weighted by molar-refractivity contribution is 6.03. The highest BCUT2D eigenvalue weighted by atomic mass is 19.1. The van der Waals surface area contributed by atoms with E-state index in [0.717, 1.165) is 36.5 Å². The van der Waals surface area contributed by atoms with Crippen molar-refractivity contribution in [1.29, 1.82) is 0 Å². The van der Waals surface area contributed by atoms with Gasteiger partial charge in [0.1, 0.15) is 28.8 Å². The number of hydrogen-bond donors (Lipinski definition) is 2. The van der Waals surface area contributed by atoms with E-state index < -0.39 is 23.6 Å². The Bertz CT molecular complexity index is 1500. The van der Waals surface area contributed by atoms with Gasteiger partial charge in [-0.1, -0.05) is 13.0 Å². The van der Waals surface area contributed by atoms with Gasteiger partial charge in [0, 0.05) is 23.7 Å². The summed E-state index contributed by atoms with van der Waals surface area (Å²) in [4.78, 5) is 21.9. The Morgan fingerprint density at radius 3 is 2.73 bits per heavy atom. The molecule has 2 N–H and O–H groups in total. The number of aromatic nitrogens is 2. The lowest BCUT2D eigenvalue weighted by Crippen LogP contribution is -2.34. The van der Waals surface area contributed by atoms with Gasteiger partial charge in [-0.25, -0.2) is 13.8 Å². The summed E-state index contributed by atoms with van der Waals surface area (Å²) >= 11 is 0. The van der Waals surface area contributed by atoms with Gasteiger partial charge in [-0.3, -0.25) is 9.78 Å². The van der Waals surface area contributed by atoms with Gasteiger partial charge in [0.15, 0.2) is 0 Å². The summed E-state index contributed by atoms with van der Waals surface area (Å²) in [6.07, 6.45) is 7.93. The Balaban J connectivity index is 1.48. The summed E-state index contributed by atoms with van der Waals surface area (Å²) < 4.78 is 36.8. The Morgan fingerprint density at radius 1 is 1.10 bits per heavy atom. The van der Waals surface area contributed by atoms with E-state index in [1.807, 2.05) is 19.9 Å². The molecule has 1 amide bonds. The second-order valence-corrected chi connectivity index (χ2v) is 11.6. The molecule has 3 aromatic rings. The number of amides is 1. The van der Waals surface area contributed by atoms with Gasteiger partial charge in [-0.15, -0.1) is 0 Å². The second-order valence-electron chi connectivity index (χ2n) is 11.6. The van der Waals surface area contributed by atoms with Crippen molar-refractivity contribution in [3.8, 4) is 17.0 Å². The number of nitrogens with zero attached hydrogens (tertiary/aromatic N) is 2. The first-order valence-corrected chi connectivity index (χ1v) is 14.0. The molecule has 1 unspecified atom stereocenters. The van der Waals surface area contributed by atoms with E-state index in [9.17, 15) is 9.90 Å². The van der Waals surface area contributed by atoms with Gasteiger partial charge < -0.3 is 15.2 Å². The van der Waals surface area contributed by atoms with Gasteiger partial charge in [0.05, 0.1) is 24.1 Å². The number of allylic oxidation sites excluding steroid dienone is 2. The number of anilines is 1. The van der Waals surface area contributed by atoms with Crippen LogP contribution in [0.3, 0.4) is 0 Å². The number of carbonyl (C=O) groups excluding carboxylic acids is 1. The SMILES string of the molecule is CC(C)Oc1cc(F)c2c(c1)C1=CC1CC[C@H]1C[C@H](C[C@@H](O)[C@H]1C)c1ccncc1NC(=O)c1ccc(F)c-2n1. The van der Waals surface area contributed by atoms with E-state index in [2.05, 4.69) is 28.3 Å². The number of hydrogen-bond acceptors (Lipinski definition) is 5. The third-order valence-corrected chi connectivity index (χ3v) is 8.59. The average molecular weight is 546 g/mol. The summed E-state index contributed by atoms with van der Waals surface area (Å²) in [6.45, 7) is 5.82. The van der Waals surface area contributed by atoms with Crippen molar-refractivity contribution in [2.45, 2.75) is 64.6 Å². The number of ether oxygens (including phenoxy) is 1. The van der Waals surface area contributed by atoms with Crippen LogP contribution < -0.4 is 10.1 Å². The number of nitrogens with one attached hydrogen (secondary N) is 1. The number of halogens is 2. The maximum absolute atomic E-state index is 15.7. The molecule has 6 rings (SSSR count). The number of pyridine rings is 2. The zero-order valence-corrected chi connectivity index (χ0v) is 22.8. The fourth-order valence-corrected chi connectivity index (χ4v) is 6.41. The van der Waals surface area contributed by atoms with Gasteiger partial charge in [-0.05, 0) is 98.2 Å². The molecule has 1 aliphatic heterocycles. The predicted octanol–water partition coefficient (Wildman–Crippen LogP) is 6.76. The van der Waals surface area contributed by atoms with E-state index in [1.165, 1.54) is 12.1 Å². The summed E-state index contributed by atoms with van der Waals surface area (Å²) in [5.41, 5.74) is 2.66. The molecule has 0 spiro atoms. The molecule has 2 aromatic heterocycles. The van der Waals surface area contributed by atoms with E-state index in [-0.39, 0.29) is 46.7 Å². The molecular weight excluding hydrogens is 512 g/mol. The third-order valence-electron chi connectivity index (χ3n) is 8.59. The molecule has 2 aliphatic carbocycles. The number of aliphatic hydroxyl groups is 1. The molecule has 208 valence electrons. The van der Waals surface area contributed by atoms with Crippen molar-refractivity contribution in [1.82, 2.24) is 9.97 Å². The maximum Gasteiger partial charge on any atom is 0.274 e. The van der Waals surface area contributed by atoms with Crippen molar-refractivity contribution >= 4 is 17.2 Å². The lowest BCUT2D eigenvalue weighted by atomic mass is 9.69. The summed E-state index contributed by atoms with van der Waals surface area (Å²) in [6, 6.07) is 7.31. The smallest absolute Gasteiger partial charge is 0.274 e. The first-order valence-electron chi connectivity index (χ1n) is 14.0. The summed E-state index contributed by atoms with van der Waals surface area (Å²) in [5.74, 6) is -1.00. The van der Waals surface area contributed by atoms with Crippen LogP contribution in [-0.4, -0.2) is 33.2 Å². The van der Waals surface area contributed by atoms with Crippen LogP contribution in [0.5, 0.6) is 5.75 Å². The fourth-order valence-electron chi connectivity index (χ4n) is 6.41. The van der Waals surface area contributed by atoms with Crippen LogP contribution >= 0.6 is 0 Å². The van der Waals surface area contributed by atoms with Crippen LogP contribution in [0.15, 0.2) is 48.8 Å². The molecule has 0 saturated heterocycles. The normalized spacial score (nSPS) is 25.7. The Morgan fingerprint density at radius 2 is 1.93 bits per heavy atom. The van der Waals surface area contributed by atoms with E-state index in [4.69, 9.17) is 4.74 Å². The molecule has 1 fully saturated rings. The standard InChI is InChI=1S/C32H33F2N3O3/c1-16(2)40-21-13-24-23-11-19(23)5-4-18-10-20(12-29(38)17(18)3)22-8-9-35-15-28(22)37-32(39)27-7-6-25(33)31(36-27)30(24)26(34)14-21/h6-9,11,13-20,29,38H,4-5,10,12H2,1-3H3,(H,37,39)/t17-,18-,19?,20+,29+/m0/s1. The summed E-state index contributed by atoms with van der Waals surface area (Å²) in [5, 5.41) is 13.9. The molecule has 3 aliphatic rings. The molecular formula is C32H33F2N3O3. The fraction of sp³-hybridized carbons (Fsp3) is 0.406. The Kier molecular flexibility index (Phi) is 6.90. The van der Waals surface area contributed by atoms with Crippen LogP contribution in [0, 0.1) is 29.4 Å². The van der Waals surface area contributed by atoms with Crippen LogP contribution in [0.2, 0.25) is 0 Å². The van der Waals surface area contributed by atoms with Gasteiger partial charge in [0.25, 0.3) is 5.91 Å². The van der Waals surface area contributed by atoms with E-state index in [1.54, 1.807) is 18.5 Å². The first kappa shape index (κ1) is 26.6. The van der Waals surface area contributed by atoms with Gasteiger partial charge in [-0.2, -0.15) is 0 Å². The molecule has 8 heteroatoms. The topological polar surface area (TPSA) is 84.3 Å². The zero-order chi connectivity index (χ0) is 28.1. The maximum atomic E-state index is 15.7. The number of fused-ring (bicyclic) bond motifs is 10. The number of carbonyl (C=O) groups is 1. The minimum absolute atomic E-state index is 0.0210. The van der Waals surface area contributed by atoms with Crippen molar-refractivity contribution in [2.24, 2.45) is 17.8 Å². The molecule has 5 atom stereocenters. The van der Waals surface area contributed by atoms with Crippen molar-refractivity contribution in [2.75, 3.05) is 5.32 Å². The van der Waals surface area contributed by atoms with Crippen LogP contribution in [0.1, 0.15) is 74.0 Å². The second kappa shape index (κ2) is 10.4. The summed E-state index contributed by atoms with van der Waals surface area (Å²) in [7, 11) is 0. The van der Waals surface area contributed by atoms with Crippen LogP contribution in [0.4, 0.5) is 14.5 Å². The predicted molar refractivity (Wildman–Crippen MR) is 149 cm³/mol. The van der Waals surface area contributed by atoms with Crippen molar-refractivity contribution in [3.63, 3.8) is 0 Å². The lowest BCUT2D eigenvalue weighted by molar-refractivity contribution is 0.0286. The molecule has 0 radical (unpaired) electrons.